The molecule has 0 aromatic heterocycles. The lowest BCUT2D eigenvalue weighted by molar-refractivity contribution is 0.750. The van der Waals surface area contributed by atoms with Gasteiger partial charge in [0.1, 0.15) is 0 Å². The van der Waals surface area contributed by atoms with Gasteiger partial charge in [0.2, 0.25) is 6.71 Å². The topological polar surface area (TPSA) is 9.72 Å². The molecule has 0 atom stereocenters. The summed E-state index contributed by atoms with van der Waals surface area (Å²) in [4.78, 5) is 7.72. The van der Waals surface area contributed by atoms with Gasteiger partial charge < -0.3 is 14.7 Å². The molecule has 14 rings (SSSR count). The number of hydrogen-bond donors (Lipinski definition) is 0. The quantitative estimate of drug-likeness (QED) is 0.126. The van der Waals surface area contributed by atoms with Gasteiger partial charge in [0, 0.05) is 22.4 Å². The number of anilines is 9. The third kappa shape index (κ3) is 5.30. The highest BCUT2D eigenvalue weighted by Crippen LogP contribution is 2.62. The van der Waals surface area contributed by atoms with Crippen LogP contribution in [0.15, 0.2) is 255 Å². The van der Waals surface area contributed by atoms with Gasteiger partial charge in [0.15, 0.2) is 0 Å². The molecule has 0 N–H and O–H groups in total. The van der Waals surface area contributed by atoms with Crippen LogP contribution in [-0.4, -0.2) is 6.71 Å². The summed E-state index contributed by atoms with van der Waals surface area (Å²) in [5, 5.41) is 4.89. The molecule has 3 aliphatic rings. The summed E-state index contributed by atoms with van der Waals surface area (Å²) in [5.41, 5.74) is 18.5. The maximum absolute atomic E-state index is 2.60. The smallest absolute Gasteiger partial charge is 0.247 e. The summed E-state index contributed by atoms with van der Waals surface area (Å²) >= 11 is 0. The Balaban J connectivity index is 1.25. The third-order valence-corrected chi connectivity index (χ3v) is 14.6. The number of para-hydroxylation sites is 5. The van der Waals surface area contributed by atoms with Crippen molar-refractivity contribution in [2.75, 3.05) is 14.7 Å². The van der Waals surface area contributed by atoms with Crippen LogP contribution >= 0.6 is 0 Å². The van der Waals surface area contributed by atoms with Crippen molar-refractivity contribution in [3.05, 3.63) is 277 Å². The first-order valence-corrected chi connectivity index (χ1v) is 23.3. The Hall–Kier alpha value is -8.60. The predicted octanol–water partition coefficient (Wildman–Crippen LogP) is 14.2. The van der Waals surface area contributed by atoms with Crippen LogP contribution < -0.4 is 31.1 Å². The minimum absolute atomic E-state index is 0.0621. The zero-order chi connectivity index (χ0) is 44.1. The van der Waals surface area contributed by atoms with E-state index in [1.165, 1.54) is 71.6 Å². The van der Waals surface area contributed by atoms with Crippen LogP contribution in [0.4, 0.5) is 51.2 Å². The first-order chi connectivity index (χ1) is 33.3. The van der Waals surface area contributed by atoms with Crippen molar-refractivity contribution in [3.63, 3.8) is 0 Å². The lowest BCUT2D eigenvalue weighted by Gasteiger charge is -2.52. The number of rotatable bonds is 5. The van der Waals surface area contributed by atoms with Crippen molar-refractivity contribution in [2.24, 2.45) is 0 Å². The predicted molar refractivity (Wildman–Crippen MR) is 282 cm³/mol. The third-order valence-electron chi connectivity index (χ3n) is 14.6. The van der Waals surface area contributed by atoms with E-state index in [9.17, 15) is 0 Å². The number of fused-ring (bicyclic) bond motifs is 10. The summed E-state index contributed by atoms with van der Waals surface area (Å²) in [6.07, 6.45) is 0. The second-order valence-corrected chi connectivity index (χ2v) is 17.9. The van der Waals surface area contributed by atoms with Crippen LogP contribution in [0.25, 0.3) is 21.5 Å². The lowest BCUT2D eigenvalue weighted by atomic mass is 9.29. The molecule has 0 radical (unpaired) electrons. The van der Waals surface area contributed by atoms with Crippen LogP contribution in [0.5, 0.6) is 0 Å². The molecule has 0 spiro atoms. The highest BCUT2D eigenvalue weighted by atomic mass is 15.3. The van der Waals surface area contributed by atoms with Crippen molar-refractivity contribution >= 4 is 95.8 Å². The highest BCUT2D eigenvalue weighted by Gasteiger charge is 2.54. The molecule has 0 fully saturated rings. The van der Waals surface area contributed by atoms with Crippen LogP contribution in [0.1, 0.15) is 22.3 Å². The number of benzene rings is 11. The molecule has 3 nitrogen and oxygen atoms in total. The van der Waals surface area contributed by atoms with Gasteiger partial charge in [0.25, 0.3) is 0 Å². The van der Waals surface area contributed by atoms with E-state index in [4.69, 9.17) is 0 Å². The zero-order valence-electron chi connectivity index (χ0n) is 36.7. The van der Waals surface area contributed by atoms with E-state index in [0.29, 0.717) is 0 Å². The molecule has 11 aromatic rings. The van der Waals surface area contributed by atoms with Crippen LogP contribution in [0, 0.1) is 0 Å². The van der Waals surface area contributed by atoms with Crippen molar-refractivity contribution in [3.8, 4) is 0 Å². The van der Waals surface area contributed by atoms with Crippen LogP contribution in [0.2, 0.25) is 0 Å². The van der Waals surface area contributed by atoms with E-state index >= 15 is 0 Å². The van der Waals surface area contributed by atoms with E-state index in [1.54, 1.807) is 0 Å². The average molecular weight is 852 g/mol. The second kappa shape index (κ2) is 14.7. The monoisotopic (exact) mass is 851 g/mol. The number of hydrogen-bond acceptors (Lipinski definition) is 3. The molecule has 4 heteroatoms. The lowest BCUT2D eigenvalue weighted by Crippen LogP contribution is -2.65. The Morgan fingerprint density at radius 3 is 1.43 bits per heavy atom. The van der Waals surface area contributed by atoms with Crippen LogP contribution in [-0.2, 0) is 5.41 Å². The molecule has 0 saturated carbocycles. The van der Waals surface area contributed by atoms with Gasteiger partial charge in [-0.3, -0.25) is 0 Å². The van der Waals surface area contributed by atoms with Gasteiger partial charge in [-0.25, -0.2) is 0 Å². The van der Waals surface area contributed by atoms with Gasteiger partial charge in [-0.15, -0.1) is 0 Å². The van der Waals surface area contributed by atoms with Gasteiger partial charge >= 0.3 is 0 Å². The Morgan fingerprint density at radius 2 is 0.776 bits per heavy atom. The molecule has 0 bridgehead atoms. The molecule has 3 aliphatic heterocycles. The first kappa shape index (κ1) is 37.7. The van der Waals surface area contributed by atoms with Gasteiger partial charge in [-0.1, -0.05) is 206 Å². The SMILES string of the molecule is c1ccc(N2c3ccccc3N(c3cc4ccccc4c4ccccc34)c3cc4c5c(c32)N(c2ccccc2)c2ccccc2B5c2ccccc2C4(c2ccccc2)c2ccccc2)cc1. The van der Waals surface area contributed by atoms with Crippen LogP contribution in [0.3, 0.4) is 0 Å². The van der Waals surface area contributed by atoms with Crippen molar-refractivity contribution in [1.82, 2.24) is 0 Å². The summed E-state index contributed by atoms with van der Waals surface area (Å²) in [5.74, 6) is 0. The summed E-state index contributed by atoms with van der Waals surface area (Å²) < 4.78 is 0. The highest BCUT2D eigenvalue weighted by molar-refractivity contribution is 6.99. The average Bonchev–Trinajstić information content (AvgIpc) is 3.41. The van der Waals surface area contributed by atoms with Gasteiger partial charge in [0.05, 0.1) is 39.5 Å². The second-order valence-electron chi connectivity index (χ2n) is 17.9. The van der Waals surface area contributed by atoms with Crippen molar-refractivity contribution < 1.29 is 0 Å². The Morgan fingerprint density at radius 1 is 0.299 bits per heavy atom. The number of nitrogens with zero attached hydrogens (tertiary/aromatic N) is 3. The van der Waals surface area contributed by atoms with E-state index in [2.05, 4.69) is 269 Å². The molecule has 0 unspecified atom stereocenters. The first-order valence-electron chi connectivity index (χ1n) is 23.3. The molecule has 67 heavy (non-hydrogen) atoms. The maximum Gasteiger partial charge on any atom is 0.247 e. The molecule has 0 saturated heterocycles. The normalized spacial score (nSPS) is 14.0. The van der Waals surface area contributed by atoms with Crippen molar-refractivity contribution in [1.29, 1.82) is 0 Å². The minimum atomic E-state index is -0.699. The molecule has 3 heterocycles. The van der Waals surface area contributed by atoms with E-state index < -0.39 is 5.41 Å². The fourth-order valence-electron chi connectivity index (χ4n) is 12.1. The molecule has 0 aliphatic carbocycles. The van der Waals surface area contributed by atoms with Gasteiger partial charge in [-0.05, 0) is 104 Å². The fraction of sp³-hybridized carbons (Fsp3) is 0.0159. The fourth-order valence-corrected chi connectivity index (χ4v) is 12.1. The molecular weight excluding hydrogens is 810 g/mol. The van der Waals surface area contributed by atoms with E-state index in [1.807, 2.05) is 0 Å². The molecular formula is C63H42BN3. The molecule has 11 aromatic carbocycles. The minimum Gasteiger partial charge on any atom is -0.309 e. The van der Waals surface area contributed by atoms with E-state index in [-0.39, 0.29) is 6.71 Å². The summed E-state index contributed by atoms with van der Waals surface area (Å²) in [7, 11) is 0. The standard InChI is InChI=1S/C63H42BN3/c1-5-24-44(25-6-1)63(45-26-7-2-8-27-45)51-35-17-18-36-53(51)64-54-37-19-20-38-55(54)65(46-28-9-3-10-29-46)62-60(64)52(63)42-59-61(62)66(47-30-11-4-12-31-47)56-39-21-22-40-57(56)67(59)58-41-43-23-13-14-32-48(43)49-33-15-16-34-50(49)58/h1-42H. The largest absolute Gasteiger partial charge is 0.309 e. The summed E-state index contributed by atoms with van der Waals surface area (Å²) in [6, 6.07) is 94.9. The summed E-state index contributed by atoms with van der Waals surface area (Å²) in [6.45, 7) is -0.0621. The van der Waals surface area contributed by atoms with Gasteiger partial charge in [-0.2, -0.15) is 0 Å². The Labute approximate surface area is 391 Å². The molecule has 0 amide bonds. The maximum atomic E-state index is 2.60. The van der Waals surface area contributed by atoms with E-state index in [0.717, 1.165) is 39.8 Å². The zero-order valence-corrected chi connectivity index (χ0v) is 36.7. The Bertz CT molecular complexity index is 3680. The Kier molecular flexibility index (Phi) is 8.29. The molecule has 312 valence electrons. The van der Waals surface area contributed by atoms with Crippen molar-refractivity contribution in [2.45, 2.75) is 5.41 Å².